The minimum atomic E-state index is -3.39. The third-order valence-electron chi connectivity index (χ3n) is 3.52. The SMILES string of the molecule is CCNCc1ccc(S(=O)(=O)NCC2CCOC2C)s1. The molecule has 0 spiro atoms. The van der Waals surface area contributed by atoms with E-state index in [2.05, 4.69) is 10.0 Å². The molecule has 1 saturated heterocycles. The van der Waals surface area contributed by atoms with Gasteiger partial charge in [0.25, 0.3) is 0 Å². The van der Waals surface area contributed by atoms with Crippen molar-refractivity contribution in [2.45, 2.75) is 37.1 Å². The van der Waals surface area contributed by atoms with Gasteiger partial charge < -0.3 is 10.1 Å². The molecule has 1 aliphatic rings. The molecule has 2 heterocycles. The van der Waals surface area contributed by atoms with E-state index in [0.717, 1.165) is 24.4 Å². The average Bonchev–Trinajstić information content (AvgIpc) is 3.03. The van der Waals surface area contributed by atoms with Crippen LogP contribution in [0.2, 0.25) is 0 Å². The monoisotopic (exact) mass is 318 g/mol. The topological polar surface area (TPSA) is 67.4 Å². The first-order valence-corrected chi connectivity index (χ1v) is 9.23. The van der Waals surface area contributed by atoms with Crippen molar-refractivity contribution in [1.29, 1.82) is 0 Å². The van der Waals surface area contributed by atoms with E-state index < -0.39 is 10.0 Å². The Morgan fingerprint density at radius 2 is 2.25 bits per heavy atom. The summed E-state index contributed by atoms with van der Waals surface area (Å²) in [6, 6.07) is 3.54. The van der Waals surface area contributed by atoms with Crippen LogP contribution in [0.5, 0.6) is 0 Å². The molecule has 0 aromatic carbocycles. The largest absolute Gasteiger partial charge is 0.378 e. The van der Waals surface area contributed by atoms with Crippen molar-refractivity contribution >= 4 is 21.4 Å². The van der Waals surface area contributed by atoms with Gasteiger partial charge in [-0.3, -0.25) is 0 Å². The Morgan fingerprint density at radius 3 is 2.90 bits per heavy atom. The zero-order valence-corrected chi connectivity index (χ0v) is 13.5. The molecule has 1 fully saturated rings. The van der Waals surface area contributed by atoms with Gasteiger partial charge in [0.1, 0.15) is 4.21 Å². The van der Waals surface area contributed by atoms with Crippen LogP contribution < -0.4 is 10.0 Å². The third-order valence-corrected chi connectivity index (χ3v) is 6.52. The summed E-state index contributed by atoms with van der Waals surface area (Å²) in [5.41, 5.74) is 0. The van der Waals surface area contributed by atoms with E-state index in [-0.39, 0.29) is 12.0 Å². The molecule has 1 aliphatic heterocycles. The number of rotatable bonds is 7. The molecule has 2 N–H and O–H groups in total. The Bertz CT molecular complexity index is 527. The van der Waals surface area contributed by atoms with Crippen molar-refractivity contribution in [1.82, 2.24) is 10.0 Å². The van der Waals surface area contributed by atoms with E-state index in [4.69, 9.17) is 4.74 Å². The molecule has 1 aromatic heterocycles. The van der Waals surface area contributed by atoms with Crippen molar-refractivity contribution in [3.8, 4) is 0 Å². The van der Waals surface area contributed by atoms with Crippen LogP contribution in [0.25, 0.3) is 0 Å². The van der Waals surface area contributed by atoms with Gasteiger partial charge in [0.05, 0.1) is 6.10 Å². The number of thiophene rings is 1. The molecule has 2 atom stereocenters. The summed E-state index contributed by atoms with van der Waals surface area (Å²) in [4.78, 5) is 1.03. The molecule has 2 unspecified atom stereocenters. The fourth-order valence-electron chi connectivity index (χ4n) is 2.18. The molecular formula is C13H22N2O3S2. The molecule has 0 amide bonds. The summed E-state index contributed by atoms with van der Waals surface area (Å²) >= 11 is 1.32. The van der Waals surface area contributed by atoms with Crippen molar-refractivity contribution in [3.05, 3.63) is 17.0 Å². The molecule has 1 aromatic rings. The van der Waals surface area contributed by atoms with Gasteiger partial charge in [-0.05, 0) is 32.0 Å². The van der Waals surface area contributed by atoms with Crippen LogP contribution in [0.15, 0.2) is 16.3 Å². The summed E-state index contributed by atoms with van der Waals surface area (Å²) in [5.74, 6) is 0.269. The third kappa shape index (κ3) is 4.02. The van der Waals surface area contributed by atoms with Crippen molar-refractivity contribution in [3.63, 3.8) is 0 Å². The average molecular weight is 318 g/mol. The first kappa shape index (κ1) is 15.9. The second-order valence-electron chi connectivity index (χ2n) is 4.98. The van der Waals surface area contributed by atoms with Crippen molar-refractivity contribution < 1.29 is 13.2 Å². The molecule has 0 radical (unpaired) electrons. The van der Waals surface area contributed by atoms with Crippen LogP contribution in [-0.4, -0.2) is 34.2 Å². The van der Waals surface area contributed by atoms with Gasteiger partial charge in [-0.2, -0.15) is 0 Å². The van der Waals surface area contributed by atoms with Crippen LogP contribution in [0.1, 0.15) is 25.1 Å². The highest BCUT2D eigenvalue weighted by molar-refractivity contribution is 7.91. The van der Waals surface area contributed by atoms with Gasteiger partial charge in [0.15, 0.2) is 0 Å². The summed E-state index contributed by atoms with van der Waals surface area (Å²) in [5, 5.41) is 3.19. The molecule has 5 nitrogen and oxygen atoms in total. The molecule has 0 aliphatic carbocycles. The molecule has 7 heteroatoms. The summed E-state index contributed by atoms with van der Waals surface area (Å²) < 4.78 is 33.0. The van der Waals surface area contributed by atoms with Gasteiger partial charge in [0, 0.05) is 30.5 Å². The Balaban J connectivity index is 1.93. The summed E-state index contributed by atoms with van der Waals surface area (Å²) in [6.45, 7) is 6.77. The van der Waals surface area contributed by atoms with Gasteiger partial charge in [-0.1, -0.05) is 6.92 Å². The van der Waals surface area contributed by atoms with E-state index in [1.807, 2.05) is 19.9 Å². The standard InChI is InChI=1S/C13H22N2O3S2/c1-3-14-9-12-4-5-13(19-12)20(16,17)15-8-11-6-7-18-10(11)2/h4-5,10-11,14-15H,3,6-9H2,1-2H3. The number of hydrogen-bond donors (Lipinski definition) is 2. The lowest BCUT2D eigenvalue weighted by Crippen LogP contribution is -2.31. The Kier molecular flexibility index (Phi) is 5.57. The highest BCUT2D eigenvalue weighted by Crippen LogP contribution is 2.23. The summed E-state index contributed by atoms with van der Waals surface area (Å²) in [6.07, 6.45) is 1.05. The molecule has 20 heavy (non-hydrogen) atoms. The van der Waals surface area contributed by atoms with E-state index in [1.54, 1.807) is 6.07 Å². The van der Waals surface area contributed by atoms with Crippen LogP contribution >= 0.6 is 11.3 Å². The predicted octanol–water partition coefficient (Wildman–Crippen LogP) is 1.56. The van der Waals surface area contributed by atoms with E-state index in [1.165, 1.54) is 11.3 Å². The first-order chi connectivity index (χ1) is 9.53. The van der Waals surface area contributed by atoms with Gasteiger partial charge in [-0.25, -0.2) is 13.1 Å². The maximum absolute atomic E-state index is 12.2. The molecule has 2 rings (SSSR count). The molecular weight excluding hydrogens is 296 g/mol. The summed E-state index contributed by atoms with van der Waals surface area (Å²) in [7, 11) is -3.39. The fraction of sp³-hybridized carbons (Fsp3) is 0.692. The number of hydrogen-bond acceptors (Lipinski definition) is 5. The van der Waals surface area contributed by atoms with Crippen LogP contribution in [-0.2, 0) is 21.3 Å². The van der Waals surface area contributed by atoms with Crippen LogP contribution in [0, 0.1) is 5.92 Å². The maximum Gasteiger partial charge on any atom is 0.250 e. The van der Waals surface area contributed by atoms with Crippen LogP contribution in [0.3, 0.4) is 0 Å². The lowest BCUT2D eigenvalue weighted by atomic mass is 10.0. The minimum absolute atomic E-state index is 0.130. The van der Waals surface area contributed by atoms with Crippen molar-refractivity contribution in [2.24, 2.45) is 5.92 Å². The van der Waals surface area contributed by atoms with E-state index in [9.17, 15) is 8.42 Å². The van der Waals surface area contributed by atoms with Gasteiger partial charge in [0.2, 0.25) is 10.0 Å². The van der Waals surface area contributed by atoms with Gasteiger partial charge in [-0.15, -0.1) is 11.3 Å². The zero-order valence-electron chi connectivity index (χ0n) is 11.9. The highest BCUT2D eigenvalue weighted by Gasteiger charge is 2.26. The van der Waals surface area contributed by atoms with E-state index in [0.29, 0.717) is 17.3 Å². The molecule has 0 saturated carbocycles. The second kappa shape index (κ2) is 7.00. The number of sulfonamides is 1. The smallest absolute Gasteiger partial charge is 0.250 e. The highest BCUT2D eigenvalue weighted by atomic mass is 32.2. The minimum Gasteiger partial charge on any atom is -0.378 e. The number of ether oxygens (including phenoxy) is 1. The maximum atomic E-state index is 12.2. The molecule has 0 bridgehead atoms. The lowest BCUT2D eigenvalue weighted by Gasteiger charge is -2.14. The fourth-order valence-corrected chi connectivity index (χ4v) is 4.64. The number of nitrogens with one attached hydrogen (secondary N) is 2. The first-order valence-electron chi connectivity index (χ1n) is 6.93. The predicted molar refractivity (Wildman–Crippen MR) is 80.4 cm³/mol. The second-order valence-corrected chi connectivity index (χ2v) is 8.14. The normalized spacial score (nSPS) is 23.3. The van der Waals surface area contributed by atoms with Gasteiger partial charge >= 0.3 is 0 Å². The van der Waals surface area contributed by atoms with Crippen LogP contribution in [0.4, 0.5) is 0 Å². The zero-order chi connectivity index (χ0) is 14.6. The quantitative estimate of drug-likeness (QED) is 0.801. The lowest BCUT2D eigenvalue weighted by molar-refractivity contribution is 0.107. The van der Waals surface area contributed by atoms with Crippen molar-refractivity contribution in [2.75, 3.05) is 19.7 Å². The molecule has 114 valence electrons. The Hall–Kier alpha value is -0.470. The Morgan fingerprint density at radius 1 is 1.45 bits per heavy atom. The Labute approximate surface area is 124 Å². The van der Waals surface area contributed by atoms with E-state index >= 15 is 0 Å².